The molecule has 2 amide bonds. The lowest BCUT2D eigenvalue weighted by Crippen LogP contribution is -2.57. The van der Waals surface area contributed by atoms with Crippen LogP contribution >= 0.6 is 0 Å². The van der Waals surface area contributed by atoms with Crippen LogP contribution < -0.4 is 4.72 Å². The highest BCUT2D eigenvalue weighted by atomic mass is 32.2. The van der Waals surface area contributed by atoms with E-state index in [-0.39, 0.29) is 35.3 Å². The van der Waals surface area contributed by atoms with Crippen LogP contribution in [0.3, 0.4) is 0 Å². The molecule has 8 nitrogen and oxygen atoms in total. The van der Waals surface area contributed by atoms with Crippen LogP contribution in [0.15, 0.2) is 36.4 Å². The van der Waals surface area contributed by atoms with Crippen LogP contribution in [-0.2, 0) is 21.4 Å². The van der Waals surface area contributed by atoms with Gasteiger partial charge in [0.15, 0.2) is 0 Å². The lowest BCUT2D eigenvalue weighted by molar-refractivity contribution is -0.143. The summed E-state index contributed by atoms with van der Waals surface area (Å²) in [4.78, 5) is 32.3. The Morgan fingerprint density at radius 2 is 1.70 bits per heavy atom. The molecule has 10 heteroatoms. The van der Waals surface area contributed by atoms with Gasteiger partial charge in [-0.25, -0.2) is 17.5 Å². The van der Waals surface area contributed by atoms with Gasteiger partial charge in [0, 0.05) is 59.7 Å². The normalized spacial score (nSPS) is 28.2. The summed E-state index contributed by atoms with van der Waals surface area (Å²) < 4.78 is 43.2. The van der Waals surface area contributed by atoms with E-state index in [0.29, 0.717) is 18.9 Å². The Bertz CT molecular complexity index is 1820. The first-order valence-corrected chi connectivity index (χ1v) is 17.9. The molecule has 4 heterocycles. The smallest absolute Gasteiger partial charge is 0.264 e. The zero-order valence-corrected chi connectivity index (χ0v) is 26.1. The number of carbonyl (C=O) groups excluding carboxylic acids is 2. The van der Waals surface area contributed by atoms with Crippen LogP contribution in [0.2, 0.25) is 0 Å². The largest absolute Gasteiger partial charge is 0.339 e. The second kappa shape index (κ2) is 9.88. The number of sulfonamides is 1. The number of piperazine rings is 1. The molecule has 2 saturated heterocycles. The van der Waals surface area contributed by atoms with Crippen molar-refractivity contribution in [2.24, 2.45) is 5.41 Å². The number of benzene rings is 2. The van der Waals surface area contributed by atoms with E-state index in [9.17, 15) is 22.4 Å². The second-order valence-corrected chi connectivity index (χ2v) is 15.8. The third-order valence-electron chi connectivity index (χ3n) is 11.1. The number of aromatic nitrogens is 1. The third-order valence-corrected chi connectivity index (χ3v) is 11.7. The molecule has 2 bridgehead atoms. The van der Waals surface area contributed by atoms with Crippen LogP contribution in [0.4, 0.5) is 4.39 Å². The molecule has 2 aromatic carbocycles. The van der Waals surface area contributed by atoms with E-state index in [0.717, 1.165) is 85.6 Å². The number of rotatable bonds is 4. The fourth-order valence-electron chi connectivity index (χ4n) is 9.22. The van der Waals surface area contributed by atoms with Crippen molar-refractivity contribution in [2.75, 3.05) is 26.4 Å². The zero-order chi connectivity index (χ0) is 30.5. The van der Waals surface area contributed by atoms with Crippen molar-refractivity contribution >= 4 is 32.7 Å². The van der Waals surface area contributed by atoms with Gasteiger partial charge in [0.05, 0.1) is 17.4 Å². The molecule has 44 heavy (non-hydrogen) atoms. The van der Waals surface area contributed by atoms with E-state index >= 15 is 0 Å². The molecule has 1 aromatic heterocycles. The average molecular weight is 619 g/mol. The van der Waals surface area contributed by atoms with Crippen molar-refractivity contribution in [3.63, 3.8) is 0 Å². The highest BCUT2D eigenvalue weighted by Crippen LogP contribution is 2.66. The fourth-order valence-corrected chi connectivity index (χ4v) is 9.67. The lowest BCUT2D eigenvalue weighted by atomic mass is 9.81. The van der Waals surface area contributed by atoms with Crippen molar-refractivity contribution in [3.8, 4) is 11.3 Å². The Morgan fingerprint density at radius 1 is 0.977 bits per heavy atom. The van der Waals surface area contributed by atoms with E-state index < -0.39 is 21.3 Å². The topological polar surface area (TPSA) is 91.7 Å². The summed E-state index contributed by atoms with van der Waals surface area (Å²) in [5, 5.41) is 1.03. The van der Waals surface area contributed by atoms with E-state index in [2.05, 4.69) is 26.1 Å². The van der Waals surface area contributed by atoms with Crippen LogP contribution in [0.5, 0.6) is 0 Å². The van der Waals surface area contributed by atoms with Gasteiger partial charge in [0.2, 0.25) is 15.9 Å². The molecule has 2 saturated carbocycles. The first kappa shape index (κ1) is 28.2. The highest BCUT2D eigenvalue weighted by molar-refractivity contribution is 7.89. The molecule has 0 radical (unpaired) electrons. The summed E-state index contributed by atoms with van der Waals surface area (Å²) in [5.74, 6) is -0.556. The zero-order valence-electron chi connectivity index (χ0n) is 25.3. The van der Waals surface area contributed by atoms with Crippen molar-refractivity contribution in [3.05, 3.63) is 58.9 Å². The van der Waals surface area contributed by atoms with Crippen LogP contribution in [-0.4, -0.2) is 73.1 Å². The van der Waals surface area contributed by atoms with Gasteiger partial charge in [-0.2, -0.15) is 0 Å². The number of halogens is 1. The predicted molar refractivity (Wildman–Crippen MR) is 166 cm³/mol. The minimum atomic E-state index is -3.74. The Hall–Kier alpha value is -3.24. The molecule has 0 spiro atoms. The highest BCUT2D eigenvalue weighted by Gasteiger charge is 2.65. The minimum Gasteiger partial charge on any atom is -0.339 e. The summed E-state index contributed by atoms with van der Waals surface area (Å²) in [7, 11) is -1.62. The number of nitrogens with one attached hydrogen (secondary N) is 1. The fraction of sp³-hybridized carbons (Fsp3) is 0.529. The number of carbonyl (C=O) groups is 2. The van der Waals surface area contributed by atoms with Crippen LogP contribution in [0.1, 0.15) is 84.7 Å². The standard InChI is InChI=1S/C34H39FN4O4S/c1-37-17-23-10-11-24(18-37)39(23)33(41)34-16-28(34)27-15-22(35)9-13-25(27)31-30(20-6-4-3-5-7-20)26-12-8-21(14-29(26)38(31)19-34)32(40)36-44(2,42)43/h8-9,12-15,20,23-24,28H,3-7,10-11,16-19H2,1-2H3,(H,36,40)/t23?,24?,28-,34-/m0/s1. The van der Waals surface area contributed by atoms with Gasteiger partial charge in [0.25, 0.3) is 5.91 Å². The summed E-state index contributed by atoms with van der Waals surface area (Å²) >= 11 is 0. The maximum atomic E-state index is 15.0. The SMILES string of the molecule is CN1CC2CCC(C1)N2C(=O)[C@]12C[C@H]1c1cc(F)ccc1-c1c(C3CCCCC3)c3ccc(C(=O)NS(C)(=O)=O)cc3n1C2. The molecule has 3 aliphatic heterocycles. The number of hydrogen-bond donors (Lipinski definition) is 1. The Labute approximate surface area is 257 Å². The number of amides is 2. The van der Waals surface area contributed by atoms with Gasteiger partial charge in [-0.15, -0.1) is 0 Å². The van der Waals surface area contributed by atoms with Gasteiger partial charge < -0.3 is 14.4 Å². The molecule has 4 fully saturated rings. The van der Waals surface area contributed by atoms with Crippen LogP contribution in [0.25, 0.3) is 22.2 Å². The number of fused-ring (bicyclic) bond motifs is 9. The van der Waals surface area contributed by atoms with Gasteiger partial charge in [-0.05, 0) is 86.5 Å². The Kier molecular flexibility index (Phi) is 6.34. The molecule has 5 aliphatic rings. The molecule has 3 aromatic rings. The van der Waals surface area contributed by atoms with Crippen molar-refractivity contribution in [2.45, 2.75) is 81.8 Å². The van der Waals surface area contributed by atoms with E-state index in [4.69, 9.17) is 0 Å². The first-order chi connectivity index (χ1) is 21.0. The molecule has 232 valence electrons. The maximum absolute atomic E-state index is 15.0. The quantitative estimate of drug-likeness (QED) is 0.446. The van der Waals surface area contributed by atoms with Crippen molar-refractivity contribution < 1.29 is 22.4 Å². The molecule has 2 unspecified atom stereocenters. The van der Waals surface area contributed by atoms with Crippen molar-refractivity contribution in [1.82, 2.24) is 19.1 Å². The second-order valence-electron chi connectivity index (χ2n) is 14.1. The summed E-state index contributed by atoms with van der Waals surface area (Å²) in [6.07, 6.45) is 9.24. The lowest BCUT2D eigenvalue weighted by Gasteiger charge is -2.41. The van der Waals surface area contributed by atoms with Gasteiger partial charge >= 0.3 is 0 Å². The maximum Gasteiger partial charge on any atom is 0.264 e. The molecular formula is C34H39FN4O4S. The molecule has 4 atom stereocenters. The molecule has 8 rings (SSSR count). The number of likely N-dealkylation sites (N-methyl/N-ethyl adjacent to an activating group) is 1. The van der Waals surface area contributed by atoms with Crippen molar-refractivity contribution in [1.29, 1.82) is 0 Å². The van der Waals surface area contributed by atoms with E-state index in [1.807, 2.05) is 12.1 Å². The molecule has 1 N–H and O–H groups in total. The third kappa shape index (κ3) is 4.35. The Morgan fingerprint density at radius 3 is 2.41 bits per heavy atom. The molecule has 2 aliphatic carbocycles. The van der Waals surface area contributed by atoms with E-state index in [1.165, 1.54) is 18.1 Å². The number of nitrogens with zero attached hydrogens (tertiary/aromatic N) is 3. The van der Waals surface area contributed by atoms with Gasteiger partial charge in [-0.3, -0.25) is 9.59 Å². The van der Waals surface area contributed by atoms with Crippen LogP contribution in [0, 0.1) is 11.2 Å². The number of likely N-dealkylation sites (tertiary alicyclic amines) is 1. The summed E-state index contributed by atoms with van der Waals surface area (Å²) in [6, 6.07) is 10.9. The first-order valence-electron chi connectivity index (χ1n) is 16.0. The monoisotopic (exact) mass is 618 g/mol. The summed E-state index contributed by atoms with van der Waals surface area (Å²) in [6.45, 7) is 2.20. The average Bonchev–Trinajstić information content (AvgIpc) is 3.56. The van der Waals surface area contributed by atoms with Gasteiger partial charge in [0.1, 0.15) is 5.82 Å². The molecular weight excluding hydrogens is 579 g/mol. The predicted octanol–water partition coefficient (Wildman–Crippen LogP) is 4.98. The summed E-state index contributed by atoms with van der Waals surface area (Å²) in [5.41, 5.74) is 4.53. The number of hydrogen-bond acceptors (Lipinski definition) is 5. The van der Waals surface area contributed by atoms with Gasteiger partial charge in [-0.1, -0.05) is 25.3 Å². The Balaban J connectivity index is 1.33. The minimum absolute atomic E-state index is 0.0781. The van der Waals surface area contributed by atoms with E-state index in [1.54, 1.807) is 18.2 Å².